The zero-order chi connectivity index (χ0) is 20.8. The number of aryl methyl sites for hydroxylation is 2. The van der Waals surface area contributed by atoms with Crippen molar-refractivity contribution in [2.45, 2.75) is 45.5 Å². The number of hydrogen-bond acceptors (Lipinski definition) is 5. The Kier molecular flexibility index (Phi) is 4.89. The van der Waals surface area contributed by atoms with E-state index in [1.807, 2.05) is 26.0 Å². The molecule has 1 fully saturated rings. The van der Waals surface area contributed by atoms with Gasteiger partial charge < -0.3 is 9.64 Å². The molecule has 1 saturated heterocycles. The molecule has 29 heavy (non-hydrogen) atoms. The lowest BCUT2D eigenvalue weighted by atomic mass is 10.0. The molecule has 10 heteroatoms. The van der Waals surface area contributed by atoms with Crippen LogP contribution in [-0.4, -0.2) is 56.3 Å². The fourth-order valence-electron chi connectivity index (χ4n) is 3.76. The van der Waals surface area contributed by atoms with Crippen LogP contribution in [0.3, 0.4) is 0 Å². The van der Waals surface area contributed by atoms with Crippen molar-refractivity contribution in [3.63, 3.8) is 0 Å². The highest BCUT2D eigenvalue weighted by atomic mass is 19.4. The summed E-state index contributed by atoms with van der Waals surface area (Å²) in [5, 5.41) is 12.5. The molecule has 0 saturated carbocycles. The molecular weight excluding hydrogens is 387 g/mol. The molecule has 0 bridgehead atoms. The number of fused-ring (bicyclic) bond motifs is 3. The maximum Gasteiger partial charge on any atom is 0.471 e. The molecule has 1 aromatic carbocycles. The van der Waals surface area contributed by atoms with E-state index in [2.05, 4.69) is 15.5 Å². The largest absolute Gasteiger partial charge is 0.471 e. The molecular formula is C19H20F3N5O2. The second-order valence-electron chi connectivity index (χ2n) is 7.35. The van der Waals surface area contributed by atoms with Crippen LogP contribution in [0.25, 0.3) is 16.6 Å². The van der Waals surface area contributed by atoms with Gasteiger partial charge in [0.1, 0.15) is 0 Å². The molecule has 1 aliphatic heterocycles. The Morgan fingerprint density at radius 3 is 2.83 bits per heavy atom. The van der Waals surface area contributed by atoms with Gasteiger partial charge in [-0.2, -0.15) is 17.7 Å². The highest BCUT2D eigenvalue weighted by Crippen LogP contribution is 2.27. The minimum Gasteiger partial charge on any atom is -0.376 e. The summed E-state index contributed by atoms with van der Waals surface area (Å²) in [7, 11) is 0. The fourth-order valence-corrected chi connectivity index (χ4v) is 3.76. The number of benzene rings is 1. The average molecular weight is 407 g/mol. The third kappa shape index (κ3) is 3.64. The molecule has 3 heterocycles. The van der Waals surface area contributed by atoms with Gasteiger partial charge in [0.25, 0.3) is 0 Å². The molecule has 1 amide bonds. The summed E-state index contributed by atoms with van der Waals surface area (Å²) in [4.78, 5) is 12.9. The highest BCUT2D eigenvalue weighted by Gasteiger charge is 2.43. The van der Waals surface area contributed by atoms with Crippen LogP contribution in [-0.2, 0) is 16.1 Å². The molecule has 154 valence electrons. The lowest BCUT2D eigenvalue weighted by Gasteiger charge is -2.26. The van der Waals surface area contributed by atoms with E-state index in [0.717, 1.165) is 33.4 Å². The maximum absolute atomic E-state index is 13.2. The number of nitrogens with zero attached hydrogens (tertiary/aromatic N) is 5. The van der Waals surface area contributed by atoms with Crippen LogP contribution in [0.2, 0.25) is 0 Å². The number of carbonyl (C=O) groups excluding carboxylic acids is 1. The van der Waals surface area contributed by atoms with Crippen molar-refractivity contribution >= 4 is 22.5 Å². The first-order chi connectivity index (χ1) is 13.8. The topological polar surface area (TPSA) is 72.6 Å². The molecule has 1 aliphatic rings. The summed E-state index contributed by atoms with van der Waals surface area (Å²) in [6.45, 7) is 4.01. The highest BCUT2D eigenvalue weighted by molar-refractivity contribution is 5.87. The molecule has 0 aliphatic carbocycles. The van der Waals surface area contributed by atoms with Crippen molar-refractivity contribution in [2.75, 3.05) is 13.2 Å². The molecule has 0 radical (unpaired) electrons. The molecule has 4 rings (SSSR count). The van der Waals surface area contributed by atoms with Gasteiger partial charge >= 0.3 is 12.1 Å². The van der Waals surface area contributed by atoms with E-state index >= 15 is 0 Å². The van der Waals surface area contributed by atoms with Gasteiger partial charge in [0.15, 0.2) is 5.65 Å². The summed E-state index contributed by atoms with van der Waals surface area (Å²) >= 11 is 0. The van der Waals surface area contributed by atoms with Gasteiger partial charge in [-0.25, -0.2) is 0 Å². The van der Waals surface area contributed by atoms with Gasteiger partial charge in [-0.1, -0.05) is 12.1 Å². The summed E-state index contributed by atoms with van der Waals surface area (Å²) in [6, 6.07) is 5.56. The first kappa shape index (κ1) is 19.6. The minimum absolute atomic E-state index is 0.128. The van der Waals surface area contributed by atoms with Crippen molar-refractivity contribution in [2.24, 2.45) is 0 Å². The van der Waals surface area contributed by atoms with E-state index in [0.29, 0.717) is 24.2 Å². The Labute approximate surface area is 164 Å². The van der Waals surface area contributed by atoms with Gasteiger partial charge in [-0.15, -0.1) is 5.10 Å². The van der Waals surface area contributed by atoms with E-state index in [9.17, 15) is 18.0 Å². The Morgan fingerprint density at radius 2 is 2.14 bits per heavy atom. The molecule has 1 atom stereocenters. The monoisotopic (exact) mass is 407 g/mol. The SMILES string of the molecule is Cc1ccc2cc(CN(CC3CCCO3)C(=O)C(F)(F)F)c3nnnn3c2c1C. The van der Waals surface area contributed by atoms with Crippen molar-refractivity contribution in [3.8, 4) is 0 Å². The van der Waals surface area contributed by atoms with Gasteiger partial charge in [0.2, 0.25) is 0 Å². The van der Waals surface area contributed by atoms with E-state index in [1.54, 1.807) is 6.07 Å². The smallest absolute Gasteiger partial charge is 0.376 e. The first-order valence-corrected chi connectivity index (χ1v) is 9.33. The number of hydrogen-bond donors (Lipinski definition) is 0. The Hall–Kier alpha value is -2.75. The number of aromatic nitrogens is 4. The van der Waals surface area contributed by atoms with Gasteiger partial charge in [-0.05, 0) is 54.3 Å². The fraction of sp³-hybridized carbons (Fsp3) is 0.474. The van der Waals surface area contributed by atoms with Crippen LogP contribution in [0.4, 0.5) is 13.2 Å². The van der Waals surface area contributed by atoms with E-state index in [-0.39, 0.29) is 13.1 Å². The zero-order valence-electron chi connectivity index (χ0n) is 16.0. The molecule has 0 spiro atoms. The number of halogens is 3. The Bertz CT molecular complexity index is 1070. The standard InChI is InChI=1S/C19H20F3N5O2/c1-11-5-6-13-8-14(17-23-24-25-27(17)16(13)12(11)2)9-26(18(28)19(20,21)22)10-15-4-3-7-29-15/h5-6,8,15H,3-4,7,9-10H2,1-2H3. The molecule has 1 unspecified atom stereocenters. The van der Waals surface area contributed by atoms with Crippen LogP contribution >= 0.6 is 0 Å². The van der Waals surface area contributed by atoms with Crippen LogP contribution in [0, 0.1) is 13.8 Å². The van der Waals surface area contributed by atoms with Crippen LogP contribution < -0.4 is 0 Å². The molecule has 0 N–H and O–H groups in total. The van der Waals surface area contributed by atoms with Gasteiger partial charge in [-0.3, -0.25) is 4.79 Å². The van der Waals surface area contributed by atoms with Crippen LogP contribution in [0.5, 0.6) is 0 Å². The summed E-state index contributed by atoms with van der Waals surface area (Å²) in [6.07, 6.45) is -3.98. The normalized spacial score (nSPS) is 17.3. The lowest BCUT2D eigenvalue weighted by molar-refractivity contribution is -0.187. The molecule has 7 nitrogen and oxygen atoms in total. The van der Waals surface area contributed by atoms with Gasteiger partial charge in [0.05, 0.1) is 11.6 Å². The number of amides is 1. The third-order valence-corrected chi connectivity index (χ3v) is 5.37. The van der Waals surface area contributed by atoms with Crippen molar-refractivity contribution in [3.05, 3.63) is 34.9 Å². The maximum atomic E-state index is 13.2. The Balaban J connectivity index is 1.77. The second-order valence-corrected chi connectivity index (χ2v) is 7.35. The number of pyridine rings is 1. The number of carbonyl (C=O) groups is 1. The minimum atomic E-state index is -4.97. The lowest BCUT2D eigenvalue weighted by Crippen LogP contribution is -2.44. The summed E-state index contributed by atoms with van der Waals surface area (Å²) in [5.41, 5.74) is 3.60. The quantitative estimate of drug-likeness (QED) is 0.665. The second kappa shape index (κ2) is 7.25. The average Bonchev–Trinajstić information content (AvgIpc) is 3.34. The van der Waals surface area contributed by atoms with E-state index in [4.69, 9.17) is 4.74 Å². The number of rotatable bonds is 4. The van der Waals surface area contributed by atoms with Crippen molar-refractivity contribution < 1.29 is 22.7 Å². The summed E-state index contributed by atoms with van der Waals surface area (Å²) < 4.78 is 46.6. The third-order valence-electron chi connectivity index (χ3n) is 5.37. The summed E-state index contributed by atoms with van der Waals surface area (Å²) in [5.74, 6) is -1.89. The van der Waals surface area contributed by atoms with Crippen LogP contribution in [0.1, 0.15) is 29.5 Å². The predicted molar refractivity (Wildman–Crippen MR) is 98.2 cm³/mol. The van der Waals surface area contributed by atoms with E-state index in [1.165, 1.54) is 4.52 Å². The van der Waals surface area contributed by atoms with E-state index < -0.39 is 18.2 Å². The first-order valence-electron chi connectivity index (χ1n) is 9.33. The number of tetrazole rings is 1. The van der Waals surface area contributed by atoms with Gasteiger partial charge in [0, 0.05) is 30.6 Å². The zero-order valence-corrected chi connectivity index (χ0v) is 16.0. The Morgan fingerprint density at radius 1 is 1.34 bits per heavy atom. The number of alkyl halides is 3. The molecule has 2 aromatic heterocycles. The number of ether oxygens (including phenoxy) is 1. The molecule has 3 aromatic rings. The predicted octanol–water partition coefficient (Wildman–Crippen LogP) is 2.96. The van der Waals surface area contributed by atoms with Crippen molar-refractivity contribution in [1.82, 2.24) is 24.9 Å². The van der Waals surface area contributed by atoms with Crippen LogP contribution in [0.15, 0.2) is 18.2 Å². The van der Waals surface area contributed by atoms with Crippen molar-refractivity contribution in [1.29, 1.82) is 0 Å².